The van der Waals surface area contributed by atoms with Crippen LogP contribution < -0.4 is 19.9 Å². The Morgan fingerprint density at radius 1 is 0.971 bits per heavy atom. The molecular weight excluding hydrogens is 442 g/mol. The third-order valence-electron chi connectivity index (χ3n) is 7.46. The van der Waals surface area contributed by atoms with Gasteiger partial charge in [-0.2, -0.15) is 0 Å². The van der Waals surface area contributed by atoms with Gasteiger partial charge in [0.05, 0.1) is 12.6 Å². The summed E-state index contributed by atoms with van der Waals surface area (Å²) in [6.07, 6.45) is 0.778. The van der Waals surface area contributed by atoms with Gasteiger partial charge in [0.2, 0.25) is 0 Å². The number of aliphatic hydroxyl groups is 1. The van der Waals surface area contributed by atoms with E-state index >= 15 is 0 Å². The number of fused-ring (bicyclic) bond motifs is 1. The number of β-amino-alcohol motifs (C(OH)–C–C–N with tert-alkyl or cyclic N) is 1. The summed E-state index contributed by atoms with van der Waals surface area (Å²) < 4.78 is 6.07. The van der Waals surface area contributed by atoms with E-state index in [2.05, 4.69) is 44.1 Å². The molecule has 0 aromatic heterocycles. The Morgan fingerprint density at radius 2 is 1.69 bits per heavy atom. The summed E-state index contributed by atoms with van der Waals surface area (Å²) in [7, 11) is 2.16. The lowest BCUT2D eigenvalue weighted by molar-refractivity contribution is 0.0915. The molecule has 8 heteroatoms. The van der Waals surface area contributed by atoms with Gasteiger partial charge in [0, 0.05) is 87.8 Å². The number of anilines is 2. The number of likely N-dealkylation sites (N-methyl/N-ethyl adjacent to an activating group) is 1. The Bertz CT molecular complexity index is 998. The van der Waals surface area contributed by atoms with Crippen LogP contribution in [0.15, 0.2) is 42.5 Å². The van der Waals surface area contributed by atoms with Crippen LogP contribution in [-0.2, 0) is 6.42 Å². The van der Waals surface area contributed by atoms with Crippen molar-refractivity contribution in [3.05, 3.63) is 53.6 Å². The van der Waals surface area contributed by atoms with Crippen molar-refractivity contribution in [2.45, 2.75) is 12.5 Å². The Labute approximate surface area is 208 Å². The number of hydrogen-bond donors (Lipinski definition) is 2. The summed E-state index contributed by atoms with van der Waals surface area (Å²) >= 11 is 0. The highest BCUT2D eigenvalue weighted by atomic mass is 16.5. The summed E-state index contributed by atoms with van der Waals surface area (Å²) in [6, 6.07) is 14.1. The highest BCUT2D eigenvalue weighted by Crippen LogP contribution is 2.34. The molecular formula is C27H37N5O3. The molecule has 8 nitrogen and oxygen atoms in total. The van der Waals surface area contributed by atoms with E-state index in [0.29, 0.717) is 12.2 Å². The summed E-state index contributed by atoms with van der Waals surface area (Å²) in [5.74, 6) is 0.883. The van der Waals surface area contributed by atoms with Crippen molar-refractivity contribution in [3.63, 3.8) is 0 Å². The first-order valence-electron chi connectivity index (χ1n) is 12.8. The second kappa shape index (κ2) is 10.8. The molecule has 2 saturated heterocycles. The molecule has 2 fully saturated rings. The van der Waals surface area contributed by atoms with Gasteiger partial charge in [0.1, 0.15) is 12.4 Å². The number of hydrogen-bond acceptors (Lipinski definition) is 7. The summed E-state index contributed by atoms with van der Waals surface area (Å²) in [4.78, 5) is 22.4. The average Bonchev–Trinajstić information content (AvgIpc) is 2.89. The maximum absolute atomic E-state index is 13.0. The largest absolute Gasteiger partial charge is 0.491 e. The van der Waals surface area contributed by atoms with Gasteiger partial charge in [-0.1, -0.05) is 6.07 Å². The Morgan fingerprint density at radius 3 is 2.40 bits per heavy atom. The van der Waals surface area contributed by atoms with Gasteiger partial charge in [-0.25, -0.2) is 0 Å². The van der Waals surface area contributed by atoms with Crippen molar-refractivity contribution in [2.75, 3.05) is 89.0 Å². The fourth-order valence-electron chi connectivity index (χ4n) is 5.29. The maximum atomic E-state index is 13.0. The van der Waals surface area contributed by atoms with Crippen molar-refractivity contribution < 1.29 is 14.6 Å². The number of amides is 1. The van der Waals surface area contributed by atoms with Crippen LogP contribution in [0, 0.1) is 0 Å². The lowest BCUT2D eigenvalue weighted by atomic mass is 9.99. The standard InChI is InChI=1S/C27H37N5O3/c1-29-9-13-32(14-10-29)25-3-2-4-26-24(25)19-22(20-35-26)28-27(34)21-5-7-23(8-6-21)31-15-11-30(12-16-31)17-18-33/h2-8,22,33H,9-20H2,1H3,(H,28,34). The van der Waals surface area contributed by atoms with Crippen LogP contribution in [0.4, 0.5) is 11.4 Å². The molecule has 3 aliphatic rings. The van der Waals surface area contributed by atoms with Gasteiger partial charge < -0.3 is 29.9 Å². The van der Waals surface area contributed by atoms with Crippen LogP contribution in [0.3, 0.4) is 0 Å². The molecule has 3 aliphatic heterocycles. The van der Waals surface area contributed by atoms with Gasteiger partial charge >= 0.3 is 0 Å². The predicted octanol–water partition coefficient (Wildman–Crippen LogP) is 1.29. The van der Waals surface area contributed by atoms with Gasteiger partial charge in [-0.05, 0) is 43.4 Å². The van der Waals surface area contributed by atoms with E-state index in [-0.39, 0.29) is 18.6 Å². The van der Waals surface area contributed by atoms with Crippen LogP contribution in [0.1, 0.15) is 15.9 Å². The number of carbonyl (C=O) groups excluding carboxylic acids is 1. The summed E-state index contributed by atoms with van der Waals surface area (Å²) in [5.41, 5.74) is 4.24. The topological polar surface area (TPSA) is 71.5 Å². The minimum Gasteiger partial charge on any atom is -0.491 e. The molecule has 0 saturated carbocycles. The number of benzene rings is 2. The quantitative estimate of drug-likeness (QED) is 0.647. The fourth-order valence-corrected chi connectivity index (χ4v) is 5.29. The first-order chi connectivity index (χ1) is 17.1. The van der Waals surface area contributed by atoms with Gasteiger partial charge in [0.15, 0.2) is 0 Å². The first kappa shape index (κ1) is 23.9. The third-order valence-corrected chi connectivity index (χ3v) is 7.46. The number of ether oxygens (including phenoxy) is 1. The zero-order valence-corrected chi connectivity index (χ0v) is 20.7. The molecule has 1 amide bonds. The SMILES string of the molecule is CN1CCN(c2cccc3c2CC(NC(=O)c2ccc(N4CCN(CCO)CC4)cc2)CO3)CC1. The van der Waals surface area contributed by atoms with Crippen LogP contribution in [0.5, 0.6) is 5.75 Å². The second-order valence-corrected chi connectivity index (χ2v) is 9.83. The Kier molecular flexibility index (Phi) is 7.41. The average molecular weight is 480 g/mol. The molecule has 35 heavy (non-hydrogen) atoms. The molecule has 0 radical (unpaired) electrons. The smallest absolute Gasteiger partial charge is 0.251 e. The van der Waals surface area contributed by atoms with Crippen LogP contribution >= 0.6 is 0 Å². The Hall–Kier alpha value is -2.81. The van der Waals surface area contributed by atoms with E-state index in [1.807, 2.05) is 30.3 Å². The summed E-state index contributed by atoms with van der Waals surface area (Å²) in [5, 5.41) is 12.3. The van der Waals surface area contributed by atoms with E-state index in [9.17, 15) is 4.79 Å². The van der Waals surface area contributed by atoms with E-state index in [1.54, 1.807) is 0 Å². The molecule has 0 bridgehead atoms. The lowest BCUT2D eigenvalue weighted by Gasteiger charge is -2.37. The molecule has 1 atom stereocenters. The van der Waals surface area contributed by atoms with Crippen molar-refractivity contribution in [2.24, 2.45) is 0 Å². The minimum absolute atomic E-state index is 0.0529. The molecule has 2 aromatic rings. The predicted molar refractivity (Wildman–Crippen MR) is 139 cm³/mol. The number of aliphatic hydroxyl groups excluding tert-OH is 1. The number of carbonyl (C=O) groups is 1. The number of nitrogens with zero attached hydrogens (tertiary/aromatic N) is 4. The number of rotatable bonds is 6. The molecule has 2 N–H and O–H groups in total. The van der Waals surface area contributed by atoms with Gasteiger partial charge in [-0.3, -0.25) is 9.69 Å². The van der Waals surface area contributed by atoms with Crippen molar-refractivity contribution in [3.8, 4) is 5.75 Å². The number of nitrogens with one attached hydrogen (secondary N) is 1. The van der Waals surface area contributed by atoms with Gasteiger partial charge in [0.25, 0.3) is 5.91 Å². The van der Waals surface area contributed by atoms with Crippen LogP contribution in [0.2, 0.25) is 0 Å². The van der Waals surface area contributed by atoms with E-state index in [0.717, 1.165) is 76.8 Å². The van der Waals surface area contributed by atoms with Crippen LogP contribution in [-0.4, -0.2) is 106 Å². The van der Waals surface area contributed by atoms with Crippen molar-refractivity contribution in [1.29, 1.82) is 0 Å². The van der Waals surface area contributed by atoms with E-state index < -0.39 is 0 Å². The molecule has 1 unspecified atom stereocenters. The zero-order valence-electron chi connectivity index (χ0n) is 20.7. The van der Waals surface area contributed by atoms with Gasteiger partial charge in [-0.15, -0.1) is 0 Å². The molecule has 0 aliphatic carbocycles. The normalized spacial score (nSPS) is 21.4. The van der Waals surface area contributed by atoms with E-state index in [4.69, 9.17) is 9.84 Å². The molecule has 0 spiro atoms. The van der Waals surface area contributed by atoms with Crippen molar-refractivity contribution >= 4 is 17.3 Å². The molecule has 188 valence electrons. The second-order valence-electron chi connectivity index (χ2n) is 9.83. The maximum Gasteiger partial charge on any atom is 0.251 e. The molecule has 3 heterocycles. The summed E-state index contributed by atoms with van der Waals surface area (Å²) in [6.45, 7) is 9.31. The minimum atomic E-state index is -0.0570. The van der Waals surface area contributed by atoms with Crippen molar-refractivity contribution in [1.82, 2.24) is 15.1 Å². The monoisotopic (exact) mass is 479 g/mol. The lowest BCUT2D eigenvalue weighted by Crippen LogP contribution is -2.47. The molecule has 2 aromatic carbocycles. The third kappa shape index (κ3) is 5.55. The highest BCUT2D eigenvalue weighted by Gasteiger charge is 2.27. The zero-order chi connectivity index (χ0) is 24.2. The van der Waals surface area contributed by atoms with Crippen LogP contribution in [0.25, 0.3) is 0 Å². The highest BCUT2D eigenvalue weighted by molar-refractivity contribution is 5.94. The molecule has 5 rings (SSSR count). The fraction of sp³-hybridized carbons (Fsp3) is 0.519. The first-order valence-corrected chi connectivity index (χ1v) is 12.8. The Balaban J connectivity index is 1.19. The number of piperazine rings is 2. The van der Waals surface area contributed by atoms with E-state index in [1.165, 1.54) is 11.3 Å².